The summed E-state index contributed by atoms with van der Waals surface area (Å²) in [5.41, 5.74) is 7.03. The van der Waals surface area contributed by atoms with Gasteiger partial charge in [-0.05, 0) is 77.4 Å². The van der Waals surface area contributed by atoms with Gasteiger partial charge in [0.25, 0.3) is 5.91 Å². The number of aromatic amines is 2. The fourth-order valence-corrected chi connectivity index (χ4v) is 7.26. The van der Waals surface area contributed by atoms with Gasteiger partial charge in [-0.3, -0.25) is 4.79 Å². The van der Waals surface area contributed by atoms with Crippen LogP contribution in [0.4, 0.5) is 4.79 Å². The minimum absolute atomic E-state index is 0.190. The second kappa shape index (κ2) is 13.6. The van der Waals surface area contributed by atoms with Gasteiger partial charge in [0.1, 0.15) is 17.7 Å². The highest BCUT2D eigenvalue weighted by Gasteiger charge is 2.37. The first kappa shape index (κ1) is 31.5. The van der Waals surface area contributed by atoms with E-state index in [9.17, 15) is 9.59 Å². The number of ether oxygens (including phenoxy) is 1. The maximum absolute atomic E-state index is 13.8. The summed E-state index contributed by atoms with van der Waals surface area (Å²) in [4.78, 5) is 44.2. The number of aromatic nitrogens is 4. The Morgan fingerprint density at radius 3 is 2.18 bits per heavy atom. The molecule has 0 bridgehead atoms. The van der Waals surface area contributed by atoms with Gasteiger partial charge in [0.2, 0.25) is 0 Å². The fraction of sp³-hybridized carbons (Fsp3) is 0.250. The van der Waals surface area contributed by atoms with Crippen molar-refractivity contribution in [3.05, 3.63) is 121 Å². The Morgan fingerprint density at radius 1 is 0.780 bits per heavy atom. The number of likely N-dealkylation sites (tertiary alicyclic amines) is 1. The van der Waals surface area contributed by atoms with E-state index < -0.39 is 12.1 Å². The quantitative estimate of drug-likeness (QED) is 0.134. The molecule has 10 heteroatoms. The average molecular weight is 666 g/mol. The molecule has 3 unspecified atom stereocenters. The van der Waals surface area contributed by atoms with Crippen LogP contribution in [0.5, 0.6) is 0 Å². The van der Waals surface area contributed by atoms with Gasteiger partial charge in [0, 0.05) is 12.1 Å². The molecular weight excluding hydrogens is 626 g/mol. The number of rotatable bonds is 8. The Morgan fingerprint density at radius 2 is 1.44 bits per heavy atom. The van der Waals surface area contributed by atoms with Crippen molar-refractivity contribution in [3.63, 3.8) is 0 Å². The van der Waals surface area contributed by atoms with Crippen LogP contribution < -0.4 is 10.6 Å². The van der Waals surface area contributed by atoms with E-state index in [0.717, 1.165) is 71.1 Å². The van der Waals surface area contributed by atoms with Gasteiger partial charge in [-0.15, -0.1) is 0 Å². The van der Waals surface area contributed by atoms with Gasteiger partial charge in [-0.25, -0.2) is 14.8 Å². The highest BCUT2D eigenvalue weighted by Crippen LogP contribution is 2.35. The van der Waals surface area contributed by atoms with Crippen molar-refractivity contribution in [2.24, 2.45) is 0 Å². The van der Waals surface area contributed by atoms with Gasteiger partial charge in [-0.1, -0.05) is 78.9 Å². The first-order valence-corrected chi connectivity index (χ1v) is 17.2. The second-order valence-corrected chi connectivity index (χ2v) is 13.0. The van der Waals surface area contributed by atoms with Crippen LogP contribution >= 0.6 is 0 Å². The topological polar surface area (TPSA) is 128 Å². The van der Waals surface area contributed by atoms with Gasteiger partial charge in [0.15, 0.2) is 0 Å². The fourth-order valence-electron chi connectivity index (χ4n) is 7.26. The lowest BCUT2D eigenvalue weighted by atomic mass is 9.98. The number of hydrogen-bond donors (Lipinski definition) is 4. The van der Waals surface area contributed by atoms with Crippen LogP contribution in [-0.4, -0.2) is 57.0 Å². The number of nitrogens with one attached hydrogen (secondary N) is 4. The standard InChI is InChI=1S/C40H39N7O3/c1-50-40(49)46-36(27-7-3-2-4-8-27)39(48)47-20-6-10-35(47)38-43-23-33(45-38)26-13-11-25(12-14-26)28-15-16-30-22-31(18-17-29(30)21-28)34-24-42-37(44-34)32-9-5-19-41-32/h2-4,7-8,11-18,21-24,32,35-36,41H,5-6,9-10,19-20H2,1H3,(H,42,44)(H,43,45)(H,46,49). The summed E-state index contributed by atoms with van der Waals surface area (Å²) in [5, 5.41) is 8.59. The van der Waals surface area contributed by atoms with E-state index in [1.165, 1.54) is 24.3 Å². The summed E-state index contributed by atoms with van der Waals surface area (Å²) in [5.74, 6) is 1.56. The number of hydrogen-bond acceptors (Lipinski definition) is 6. The van der Waals surface area contributed by atoms with Crippen LogP contribution in [-0.2, 0) is 9.53 Å². The van der Waals surface area contributed by atoms with Crippen LogP contribution in [0.15, 0.2) is 103 Å². The number of methoxy groups -OCH3 is 1. The molecule has 2 saturated heterocycles. The molecule has 252 valence electrons. The molecule has 8 rings (SSSR count). The monoisotopic (exact) mass is 665 g/mol. The summed E-state index contributed by atoms with van der Waals surface area (Å²) in [7, 11) is 1.29. The van der Waals surface area contributed by atoms with Gasteiger partial charge < -0.3 is 30.2 Å². The third kappa shape index (κ3) is 6.25. The first-order valence-electron chi connectivity index (χ1n) is 17.2. The molecule has 2 aliphatic heterocycles. The molecule has 0 spiro atoms. The predicted molar refractivity (Wildman–Crippen MR) is 193 cm³/mol. The Kier molecular flexibility index (Phi) is 8.60. The van der Waals surface area contributed by atoms with Gasteiger partial charge in [0.05, 0.1) is 43.0 Å². The zero-order valence-corrected chi connectivity index (χ0v) is 27.9. The number of amides is 2. The van der Waals surface area contributed by atoms with Crippen LogP contribution in [0.2, 0.25) is 0 Å². The van der Waals surface area contributed by atoms with Crippen molar-refractivity contribution in [2.75, 3.05) is 20.2 Å². The van der Waals surface area contributed by atoms with Crippen LogP contribution in [0.3, 0.4) is 0 Å². The average Bonchev–Trinajstić information content (AvgIpc) is 4.01. The number of carbonyl (C=O) groups is 2. The van der Waals surface area contributed by atoms with E-state index >= 15 is 0 Å². The number of imidazole rings is 2. The summed E-state index contributed by atoms with van der Waals surface area (Å²) in [6, 6.07) is 30.0. The number of H-pyrrole nitrogens is 2. The van der Waals surface area contributed by atoms with Crippen LogP contribution in [0, 0.1) is 0 Å². The Bertz CT molecular complexity index is 2130. The number of nitrogens with zero attached hydrogens (tertiary/aromatic N) is 3. The SMILES string of the molecule is COC(=O)NC(C(=O)N1CCCC1c1ncc(-c2ccc(-c3ccc4cc(-c5cnc(C6CCCN6)[nH]5)ccc4c3)cc2)[nH]1)c1ccccc1. The molecule has 10 nitrogen and oxygen atoms in total. The molecular formula is C40H39N7O3. The van der Waals surface area contributed by atoms with Gasteiger partial charge in [-0.2, -0.15) is 0 Å². The highest BCUT2D eigenvalue weighted by molar-refractivity contribution is 5.91. The smallest absolute Gasteiger partial charge is 0.407 e. The van der Waals surface area contributed by atoms with Crippen LogP contribution in [0.25, 0.3) is 44.4 Å². The highest BCUT2D eigenvalue weighted by atomic mass is 16.5. The largest absolute Gasteiger partial charge is 0.453 e. The maximum atomic E-state index is 13.8. The van der Waals surface area contributed by atoms with E-state index in [2.05, 4.69) is 86.2 Å². The minimum atomic E-state index is -0.855. The van der Waals surface area contributed by atoms with E-state index in [4.69, 9.17) is 9.72 Å². The Balaban J connectivity index is 0.973. The third-order valence-electron chi connectivity index (χ3n) is 9.94. The molecule has 4 N–H and O–H groups in total. The third-order valence-corrected chi connectivity index (χ3v) is 9.94. The molecule has 2 amide bonds. The van der Waals surface area contributed by atoms with Crippen molar-refractivity contribution >= 4 is 22.8 Å². The molecule has 0 saturated carbocycles. The number of fused-ring (bicyclic) bond motifs is 1. The maximum Gasteiger partial charge on any atom is 0.407 e. The van der Waals surface area contributed by atoms with E-state index in [-0.39, 0.29) is 11.9 Å². The predicted octanol–water partition coefficient (Wildman–Crippen LogP) is 7.47. The number of carbonyl (C=O) groups excluding carboxylic acids is 2. The number of alkyl carbamates (subject to hydrolysis) is 1. The van der Waals surface area contributed by atoms with Crippen LogP contribution in [0.1, 0.15) is 61.0 Å². The molecule has 4 heterocycles. The van der Waals surface area contributed by atoms with E-state index in [0.29, 0.717) is 18.2 Å². The minimum Gasteiger partial charge on any atom is -0.453 e. The molecule has 2 aliphatic rings. The first-order chi connectivity index (χ1) is 24.5. The molecule has 4 aromatic carbocycles. The lowest BCUT2D eigenvalue weighted by Crippen LogP contribution is -2.42. The van der Waals surface area contributed by atoms with Crippen molar-refractivity contribution in [1.82, 2.24) is 35.5 Å². The van der Waals surface area contributed by atoms with Gasteiger partial charge >= 0.3 is 6.09 Å². The lowest BCUT2D eigenvalue weighted by Gasteiger charge is -2.28. The van der Waals surface area contributed by atoms with E-state index in [1.54, 1.807) is 0 Å². The zero-order valence-electron chi connectivity index (χ0n) is 27.9. The molecule has 6 aromatic rings. The lowest BCUT2D eigenvalue weighted by molar-refractivity contribution is -0.134. The summed E-state index contributed by atoms with van der Waals surface area (Å²) in [6.07, 6.45) is 7.04. The Labute approximate surface area is 290 Å². The van der Waals surface area contributed by atoms with Crippen molar-refractivity contribution in [3.8, 4) is 33.6 Å². The van der Waals surface area contributed by atoms with E-state index in [1.807, 2.05) is 47.6 Å². The summed E-state index contributed by atoms with van der Waals surface area (Å²) >= 11 is 0. The molecule has 2 fully saturated rings. The molecule has 0 radical (unpaired) electrons. The molecule has 2 aromatic heterocycles. The molecule has 3 atom stereocenters. The van der Waals surface area contributed by atoms with Crippen molar-refractivity contribution < 1.29 is 14.3 Å². The zero-order chi connectivity index (χ0) is 34.0. The summed E-state index contributed by atoms with van der Waals surface area (Å²) in [6.45, 7) is 1.63. The normalized spacial score (nSPS) is 18.0. The summed E-state index contributed by atoms with van der Waals surface area (Å²) < 4.78 is 4.82. The molecule has 0 aliphatic carbocycles. The Hall–Kier alpha value is -5.74. The second-order valence-electron chi connectivity index (χ2n) is 13.0. The van der Waals surface area contributed by atoms with Crippen molar-refractivity contribution in [2.45, 2.75) is 43.8 Å². The number of benzene rings is 4. The van der Waals surface area contributed by atoms with Crippen molar-refractivity contribution in [1.29, 1.82) is 0 Å². The molecule has 50 heavy (non-hydrogen) atoms.